The van der Waals surface area contributed by atoms with Gasteiger partial charge in [-0.25, -0.2) is 9.59 Å². The molecule has 26 heavy (non-hydrogen) atoms. The minimum Gasteiger partial charge on any atom is -0.464 e. The molecule has 0 radical (unpaired) electrons. The molecular formula is C19H36N2O5. The summed E-state index contributed by atoms with van der Waals surface area (Å²) >= 11 is 0. The molecule has 7 nitrogen and oxygen atoms in total. The lowest BCUT2D eigenvalue weighted by molar-refractivity contribution is -0.150. The standard InChI is InChI=1S/C19H36N2O5/c1-11(2)10-25-17(23)15(13(5)6)20-16(22)14(12(3)4)21-18(24)26-19(7,8)9/h11-15H,10H2,1-9H3,(H,20,22)(H,21,24)/t14-,15-/m0/s1. The normalized spacial score (nSPS) is 14.2. The van der Waals surface area contributed by atoms with Crippen molar-refractivity contribution in [3.63, 3.8) is 0 Å². The average molecular weight is 373 g/mol. The summed E-state index contributed by atoms with van der Waals surface area (Å²) in [5.41, 5.74) is -0.663. The number of hydrogen-bond donors (Lipinski definition) is 2. The minimum absolute atomic E-state index is 0.145. The molecule has 0 aliphatic carbocycles. The van der Waals surface area contributed by atoms with E-state index in [1.807, 2.05) is 41.5 Å². The van der Waals surface area contributed by atoms with E-state index in [-0.39, 0.29) is 17.8 Å². The van der Waals surface area contributed by atoms with Crippen LogP contribution < -0.4 is 10.6 Å². The molecule has 7 heteroatoms. The number of hydrogen-bond acceptors (Lipinski definition) is 5. The number of ether oxygens (including phenoxy) is 2. The van der Waals surface area contributed by atoms with Crippen LogP contribution in [0.3, 0.4) is 0 Å². The summed E-state index contributed by atoms with van der Waals surface area (Å²) in [4.78, 5) is 36.9. The van der Waals surface area contributed by atoms with E-state index >= 15 is 0 Å². The fourth-order valence-corrected chi connectivity index (χ4v) is 2.05. The first-order chi connectivity index (χ1) is 11.7. The van der Waals surface area contributed by atoms with Crippen molar-refractivity contribution in [2.24, 2.45) is 17.8 Å². The first-order valence-electron chi connectivity index (χ1n) is 9.21. The third-order valence-corrected chi connectivity index (χ3v) is 3.40. The Kier molecular flexibility index (Phi) is 9.67. The van der Waals surface area contributed by atoms with Gasteiger partial charge in [0, 0.05) is 0 Å². The highest BCUT2D eigenvalue weighted by Crippen LogP contribution is 2.11. The number of amides is 2. The van der Waals surface area contributed by atoms with Crippen LogP contribution in [0, 0.1) is 17.8 Å². The molecule has 0 aromatic rings. The van der Waals surface area contributed by atoms with Crippen LogP contribution >= 0.6 is 0 Å². The summed E-state index contributed by atoms with van der Waals surface area (Å²) in [6.07, 6.45) is -0.671. The van der Waals surface area contributed by atoms with Gasteiger partial charge in [-0.2, -0.15) is 0 Å². The van der Waals surface area contributed by atoms with Crippen LogP contribution in [0.4, 0.5) is 4.79 Å². The number of esters is 1. The molecule has 2 atom stereocenters. The predicted molar refractivity (Wildman–Crippen MR) is 101 cm³/mol. The van der Waals surface area contributed by atoms with Crippen molar-refractivity contribution in [2.45, 2.75) is 80.0 Å². The second-order valence-electron chi connectivity index (χ2n) is 8.62. The van der Waals surface area contributed by atoms with E-state index in [0.29, 0.717) is 6.61 Å². The maximum atomic E-state index is 12.7. The lowest BCUT2D eigenvalue weighted by atomic mass is 10.0. The Morgan fingerprint density at radius 3 is 1.73 bits per heavy atom. The molecule has 0 rings (SSSR count). The highest BCUT2D eigenvalue weighted by molar-refractivity contribution is 5.90. The van der Waals surface area contributed by atoms with E-state index in [1.54, 1.807) is 20.8 Å². The smallest absolute Gasteiger partial charge is 0.408 e. The third kappa shape index (κ3) is 9.63. The minimum atomic E-state index is -0.816. The molecule has 2 N–H and O–H groups in total. The molecule has 2 amide bonds. The molecule has 0 saturated heterocycles. The zero-order valence-electron chi connectivity index (χ0n) is 17.6. The van der Waals surface area contributed by atoms with Crippen LogP contribution in [0.5, 0.6) is 0 Å². The average Bonchev–Trinajstić information content (AvgIpc) is 2.45. The Bertz CT molecular complexity index is 481. The maximum absolute atomic E-state index is 12.7. The van der Waals surface area contributed by atoms with Crippen LogP contribution in [0.25, 0.3) is 0 Å². The summed E-state index contributed by atoms with van der Waals surface area (Å²) in [6, 6.07) is -1.59. The Labute approximate surface area is 157 Å². The highest BCUT2D eigenvalue weighted by Gasteiger charge is 2.32. The number of rotatable bonds is 8. The van der Waals surface area contributed by atoms with Crippen molar-refractivity contribution in [1.29, 1.82) is 0 Å². The lowest BCUT2D eigenvalue weighted by Crippen LogP contribution is -2.55. The van der Waals surface area contributed by atoms with Crippen molar-refractivity contribution in [3.8, 4) is 0 Å². The Balaban J connectivity index is 5.04. The fourth-order valence-electron chi connectivity index (χ4n) is 2.05. The van der Waals surface area contributed by atoms with Gasteiger partial charge in [-0.15, -0.1) is 0 Å². The van der Waals surface area contributed by atoms with Crippen molar-refractivity contribution in [1.82, 2.24) is 10.6 Å². The topological polar surface area (TPSA) is 93.7 Å². The molecule has 152 valence electrons. The Morgan fingerprint density at radius 1 is 0.846 bits per heavy atom. The van der Waals surface area contributed by atoms with Crippen molar-refractivity contribution >= 4 is 18.0 Å². The van der Waals surface area contributed by atoms with E-state index in [1.165, 1.54) is 0 Å². The van der Waals surface area contributed by atoms with Gasteiger partial charge >= 0.3 is 12.1 Å². The summed E-state index contributed by atoms with van der Waals surface area (Å²) in [5, 5.41) is 5.29. The van der Waals surface area contributed by atoms with E-state index in [4.69, 9.17) is 9.47 Å². The largest absolute Gasteiger partial charge is 0.464 e. The monoisotopic (exact) mass is 372 g/mol. The van der Waals surface area contributed by atoms with E-state index in [0.717, 1.165) is 0 Å². The van der Waals surface area contributed by atoms with Crippen LogP contribution in [0.15, 0.2) is 0 Å². The second kappa shape index (κ2) is 10.4. The first kappa shape index (κ1) is 24.2. The zero-order chi connectivity index (χ0) is 20.7. The highest BCUT2D eigenvalue weighted by atomic mass is 16.6. The second-order valence-corrected chi connectivity index (χ2v) is 8.62. The molecule has 0 aromatic heterocycles. The molecule has 0 aromatic carbocycles. The van der Waals surface area contributed by atoms with Gasteiger partial charge in [0.2, 0.25) is 5.91 Å². The number of alkyl carbamates (subject to hydrolysis) is 1. The lowest BCUT2D eigenvalue weighted by Gasteiger charge is -2.28. The maximum Gasteiger partial charge on any atom is 0.408 e. The van der Waals surface area contributed by atoms with Gasteiger partial charge in [-0.05, 0) is 38.5 Å². The molecule has 0 fully saturated rings. The molecule has 0 aliphatic rings. The van der Waals surface area contributed by atoms with Gasteiger partial charge in [0.05, 0.1) is 6.61 Å². The van der Waals surface area contributed by atoms with Gasteiger partial charge in [-0.1, -0.05) is 41.5 Å². The zero-order valence-corrected chi connectivity index (χ0v) is 17.6. The van der Waals surface area contributed by atoms with Gasteiger partial charge in [0.15, 0.2) is 0 Å². The Hall–Kier alpha value is -1.79. The van der Waals surface area contributed by atoms with Crippen LogP contribution in [-0.4, -0.2) is 42.3 Å². The predicted octanol–water partition coefficient (Wildman–Crippen LogP) is 2.88. The number of carbonyl (C=O) groups is 3. The van der Waals surface area contributed by atoms with Crippen molar-refractivity contribution in [2.75, 3.05) is 6.61 Å². The molecule has 0 aliphatic heterocycles. The molecule has 0 unspecified atom stereocenters. The van der Waals surface area contributed by atoms with E-state index < -0.39 is 35.7 Å². The van der Waals surface area contributed by atoms with Gasteiger partial charge < -0.3 is 20.1 Å². The molecule has 0 bridgehead atoms. The summed E-state index contributed by atoms with van der Waals surface area (Å²) in [7, 11) is 0. The summed E-state index contributed by atoms with van der Waals surface area (Å²) in [5.74, 6) is -1.03. The number of carbonyl (C=O) groups excluding carboxylic acids is 3. The first-order valence-corrected chi connectivity index (χ1v) is 9.21. The molecule has 0 heterocycles. The Morgan fingerprint density at radius 2 is 1.35 bits per heavy atom. The molecule has 0 saturated carbocycles. The van der Waals surface area contributed by atoms with Crippen LogP contribution in [0.2, 0.25) is 0 Å². The van der Waals surface area contributed by atoms with Crippen LogP contribution in [0.1, 0.15) is 62.3 Å². The van der Waals surface area contributed by atoms with Crippen LogP contribution in [-0.2, 0) is 19.1 Å². The summed E-state index contributed by atoms with van der Waals surface area (Å²) < 4.78 is 10.5. The van der Waals surface area contributed by atoms with Gasteiger partial charge in [-0.3, -0.25) is 4.79 Å². The number of nitrogens with one attached hydrogen (secondary N) is 2. The molecular weight excluding hydrogens is 336 g/mol. The SMILES string of the molecule is CC(C)COC(=O)[C@@H](NC(=O)[C@@H](NC(=O)OC(C)(C)C)C(C)C)C(C)C. The molecule has 0 spiro atoms. The van der Waals surface area contributed by atoms with Gasteiger partial charge in [0.25, 0.3) is 0 Å². The quantitative estimate of drug-likeness (QED) is 0.639. The third-order valence-electron chi connectivity index (χ3n) is 3.40. The van der Waals surface area contributed by atoms with Crippen molar-refractivity contribution < 1.29 is 23.9 Å². The van der Waals surface area contributed by atoms with Crippen molar-refractivity contribution in [3.05, 3.63) is 0 Å². The fraction of sp³-hybridized carbons (Fsp3) is 0.842. The van der Waals surface area contributed by atoms with Gasteiger partial charge in [0.1, 0.15) is 17.7 Å². The van der Waals surface area contributed by atoms with E-state index in [2.05, 4.69) is 10.6 Å². The van der Waals surface area contributed by atoms with E-state index in [9.17, 15) is 14.4 Å². The summed E-state index contributed by atoms with van der Waals surface area (Å²) in [6.45, 7) is 16.7.